The topological polar surface area (TPSA) is 59.9 Å². The number of aryl methyl sites for hydroxylation is 1. The van der Waals surface area contributed by atoms with Gasteiger partial charge in [0.2, 0.25) is 5.95 Å². The van der Waals surface area contributed by atoms with Gasteiger partial charge in [-0.25, -0.2) is 0 Å². The Bertz CT molecular complexity index is 1040. The summed E-state index contributed by atoms with van der Waals surface area (Å²) in [6.45, 7) is 0.326. The molecule has 1 N–H and O–H groups in total. The summed E-state index contributed by atoms with van der Waals surface area (Å²) in [6.07, 6.45) is -8.41. The number of hydrogen-bond acceptors (Lipinski definition) is 5. The van der Waals surface area contributed by atoms with Crippen molar-refractivity contribution in [3.05, 3.63) is 59.7 Å². The number of anilines is 2. The molecular weight excluding hydrogens is 426 g/mol. The summed E-state index contributed by atoms with van der Waals surface area (Å²) >= 11 is 0. The van der Waals surface area contributed by atoms with E-state index < -0.39 is 30.5 Å². The van der Waals surface area contributed by atoms with Gasteiger partial charge >= 0.3 is 18.4 Å². The van der Waals surface area contributed by atoms with Gasteiger partial charge < -0.3 is 10.1 Å². The van der Waals surface area contributed by atoms with Gasteiger partial charge in [-0.3, -0.25) is 0 Å². The Labute approximate surface area is 173 Å². The van der Waals surface area contributed by atoms with Crippen LogP contribution < -0.4 is 10.1 Å². The summed E-state index contributed by atoms with van der Waals surface area (Å²) < 4.78 is 81.0. The first kappa shape index (κ1) is 22.3. The van der Waals surface area contributed by atoms with Gasteiger partial charge in [0.25, 0.3) is 0 Å². The van der Waals surface area contributed by atoms with Crippen molar-refractivity contribution in [2.24, 2.45) is 0 Å². The van der Waals surface area contributed by atoms with Crippen LogP contribution in [0.4, 0.5) is 38.0 Å². The van der Waals surface area contributed by atoms with Crippen molar-refractivity contribution >= 4 is 11.6 Å². The highest BCUT2D eigenvalue weighted by atomic mass is 19.4. The van der Waals surface area contributed by atoms with Crippen molar-refractivity contribution < 1.29 is 31.1 Å². The summed E-state index contributed by atoms with van der Waals surface area (Å²) in [5, 5.41) is 2.56. The lowest BCUT2D eigenvalue weighted by atomic mass is 10.1. The number of nitrogens with one attached hydrogen (secondary N) is 1. The highest BCUT2D eigenvalue weighted by molar-refractivity contribution is 5.60. The Kier molecular flexibility index (Phi) is 6.32. The lowest BCUT2D eigenvalue weighted by molar-refractivity contribution is -0.154. The summed E-state index contributed by atoms with van der Waals surface area (Å²) in [5.41, 5.74) is 0.586. The molecule has 3 aromatic rings. The van der Waals surface area contributed by atoms with E-state index in [-0.39, 0.29) is 17.5 Å². The van der Waals surface area contributed by atoms with E-state index in [4.69, 9.17) is 0 Å². The SMILES string of the molecule is CCc1ccc(-c2nc(Nc3cccc(C(F)(F)F)c3)nc(OCC(F)(F)F)n2)cc1. The molecule has 164 valence electrons. The van der Waals surface area contributed by atoms with Gasteiger partial charge in [-0.1, -0.05) is 37.3 Å². The van der Waals surface area contributed by atoms with Gasteiger partial charge in [0, 0.05) is 11.3 Å². The van der Waals surface area contributed by atoms with Gasteiger partial charge in [0.1, 0.15) is 0 Å². The van der Waals surface area contributed by atoms with Crippen molar-refractivity contribution in [2.75, 3.05) is 11.9 Å². The molecule has 1 aromatic heterocycles. The monoisotopic (exact) mass is 442 g/mol. The number of halogens is 6. The molecule has 5 nitrogen and oxygen atoms in total. The molecule has 0 unspecified atom stereocenters. The molecule has 0 saturated carbocycles. The highest BCUT2D eigenvalue weighted by Crippen LogP contribution is 2.31. The number of aromatic nitrogens is 3. The molecule has 0 aliphatic heterocycles. The Morgan fingerprint density at radius 1 is 0.903 bits per heavy atom. The zero-order valence-corrected chi connectivity index (χ0v) is 16.1. The van der Waals surface area contributed by atoms with Crippen molar-refractivity contribution in [1.82, 2.24) is 15.0 Å². The molecule has 0 aliphatic carbocycles. The number of hydrogen-bond donors (Lipinski definition) is 1. The van der Waals surface area contributed by atoms with Gasteiger partial charge in [-0.05, 0) is 30.2 Å². The maximum absolute atomic E-state index is 12.9. The predicted molar refractivity (Wildman–Crippen MR) is 101 cm³/mol. The zero-order valence-electron chi connectivity index (χ0n) is 16.1. The summed E-state index contributed by atoms with van der Waals surface area (Å²) in [5.74, 6) is -0.259. The third-order valence-electron chi connectivity index (χ3n) is 4.05. The third kappa shape index (κ3) is 6.30. The highest BCUT2D eigenvalue weighted by Gasteiger charge is 2.31. The molecule has 11 heteroatoms. The first-order valence-corrected chi connectivity index (χ1v) is 9.03. The van der Waals surface area contributed by atoms with Crippen LogP contribution in [0.1, 0.15) is 18.1 Å². The number of alkyl halides is 6. The molecule has 0 spiro atoms. The van der Waals surface area contributed by atoms with Gasteiger partial charge in [-0.15, -0.1) is 0 Å². The van der Waals surface area contributed by atoms with Crippen molar-refractivity contribution in [1.29, 1.82) is 0 Å². The quantitative estimate of drug-likeness (QED) is 0.489. The lowest BCUT2D eigenvalue weighted by Crippen LogP contribution is -2.20. The van der Waals surface area contributed by atoms with E-state index in [0.29, 0.717) is 5.56 Å². The minimum Gasteiger partial charge on any atom is -0.454 e. The molecular formula is C20H16F6N4O. The molecule has 0 amide bonds. The number of benzene rings is 2. The summed E-state index contributed by atoms with van der Waals surface area (Å²) in [7, 11) is 0. The van der Waals surface area contributed by atoms with Crippen LogP contribution in [0.15, 0.2) is 48.5 Å². The summed E-state index contributed by atoms with van der Waals surface area (Å²) in [4.78, 5) is 11.8. The van der Waals surface area contributed by atoms with E-state index in [2.05, 4.69) is 25.0 Å². The number of nitrogens with zero attached hydrogens (tertiary/aromatic N) is 3. The Balaban J connectivity index is 1.96. The largest absolute Gasteiger partial charge is 0.454 e. The van der Waals surface area contributed by atoms with Crippen molar-refractivity contribution in [2.45, 2.75) is 25.7 Å². The second kappa shape index (κ2) is 8.78. The van der Waals surface area contributed by atoms with Crippen LogP contribution in [0.3, 0.4) is 0 Å². The molecule has 0 fully saturated rings. The van der Waals surface area contributed by atoms with E-state index in [9.17, 15) is 26.3 Å². The van der Waals surface area contributed by atoms with Crippen LogP contribution in [0.25, 0.3) is 11.4 Å². The maximum Gasteiger partial charge on any atom is 0.422 e. The fourth-order valence-electron chi connectivity index (χ4n) is 2.54. The van der Waals surface area contributed by atoms with Crippen LogP contribution in [0.5, 0.6) is 6.01 Å². The lowest BCUT2D eigenvalue weighted by Gasteiger charge is -2.12. The summed E-state index contributed by atoms with van der Waals surface area (Å²) in [6, 6.07) is 10.6. The Morgan fingerprint density at radius 3 is 2.23 bits per heavy atom. The fourth-order valence-corrected chi connectivity index (χ4v) is 2.54. The predicted octanol–water partition coefficient (Wildman–Crippen LogP) is 5.80. The van der Waals surface area contributed by atoms with E-state index in [0.717, 1.165) is 24.1 Å². The second-order valence-corrected chi connectivity index (χ2v) is 6.42. The van der Waals surface area contributed by atoms with Crippen LogP contribution >= 0.6 is 0 Å². The Hall–Kier alpha value is -3.37. The van der Waals surface area contributed by atoms with E-state index in [1.54, 1.807) is 24.3 Å². The maximum atomic E-state index is 12.9. The molecule has 31 heavy (non-hydrogen) atoms. The third-order valence-corrected chi connectivity index (χ3v) is 4.05. The van der Waals surface area contributed by atoms with E-state index >= 15 is 0 Å². The van der Waals surface area contributed by atoms with Crippen LogP contribution in [-0.4, -0.2) is 27.7 Å². The van der Waals surface area contributed by atoms with Crippen molar-refractivity contribution in [3.63, 3.8) is 0 Å². The smallest absolute Gasteiger partial charge is 0.422 e. The van der Waals surface area contributed by atoms with Crippen molar-refractivity contribution in [3.8, 4) is 17.4 Å². The first-order valence-electron chi connectivity index (χ1n) is 9.03. The molecule has 0 radical (unpaired) electrons. The minimum atomic E-state index is -4.62. The van der Waals surface area contributed by atoms with Gasteiger partial charge in [0.05, 0.1) is 5.56 Å². The second-order valence-electron chi connectivity index (χ2n) is 6.42. The fraction of sp³-hybridized carbons (Fsp3) is 0.250. The normalized spacial score (nSPS) is 12.0. The Morgan fingerprint density at radius 2 is 1.61 bits per heavy atom. The molecule has 2 aromatic carbocycles. The van der Waals surface area contributed by atoms with Crippen LogP contribution in [-0.2, 0) is 12.6 Å². The number of rotatable bonds is 6. The van der Waals surface area contributed by atoms with E-state index in [1.807, 2.05) is 6.92 Å². The minimum absolute atomic E-state index is 0.00398. The molecule has 0 saturated heterocycles. The molecule has 0 bridgehead atoms. The van der Waals surface area contributed by atoms with Crippen LogP contribution in [0.2, 0.25) is 0 Å². The first-order chi connectivity index (χ1) is 14.5. The molecule has 0 aliphatic rings. The average Bonchev–Trinajstić information content (AvgIpc) is 2.71. The van der Waals surface area contributed by atoms with Gasteiger partial charge in [-0.2, -0.15) is 41.3 Å². The van der Waals surface area contributed by atoms with Gasteiger partial charge in [0.15, 0.2) is 12.4 Å². The molecule has 1 heterocycles. The molecule has 3 rings (SSSR count). The number of ether oxygens (including phenoxy) is 1. The molecule has 0 atom stereocenters. The standard InChI is InChI=1S/C20H16F6N4O/c1-2-12-6-8-13(9-7-12)16-28-17(30-18(29-16)31-11-19(21,22)23)27-15-5-3-4-14(10-15)20(24,25)26/h3-10H,2,11H2,1H3,(H,27,28,29,30). The van der Waals surface area contributed by atoms with E-state index in [1.165, 1.54) is 12.1 Å². The van der Waals surface area contributed by atoms with Crippen LogP contribution in [0, 0.1) is 0 Å². The average molecular weight is 442 g/mol. The zero-order chi connectivity index (χ0) is 22.6.